The topological polar surface area (TPSA) is 61.8 Å². The number of hydrogen-bond donors (Lipinski definition) is 0. The molecule has 25 heavy (non-hydrogen) atoms. The van der Waals surface area contributed by atoms with Crippen molar-refractivity contribution in [2.24, 2.45) is 10.8 Å². The highest BCUT2D eigenvalue weighted by molar-refractivity contribution is 5.79. The maximum Gasteiger partial charge on any atom is 0.346 e. The van der Waals surface area contributed by atoms with Crippen molar-refractivity contribution in [3.05, 3.63) is 0 Å². The lowest BCUT2D eigenvalue weighted by atomic mass is 9.91. The molecule has 1 atom stereocenters. The second kappa shape index (κ2) is 9.56. The van der Waals surface area contributed by atoms with Crippen LogP contribution < -0.4 is 0 Å². The SMILES string of the molecule is CCC(C)(C)C(=O)OCC(=O)OC(CC(C)(C)C)OC1CCCCC1. The van der Waals surface area contributed by atoms with Crippen LogP contribution in [0.15, 0.2) is 0 Å². The van der Waals surface area contributed by atoms with Crippen LogP contribution >= 0.6 is 0 Å². The molecule has 1 rings (SSSR count). The molecule has 0 aromatic carbocycles. The molecule has 1 aliphatic carbocycles. The number of rotatable bonds is 8. The van der Waals surface area contributed by atoms with Crippen molar-refractivity contribution in [2.45, 2.75) is 98.9 Å². The summed E-state index contributed by atoms with van der Waals surface area (Å²) in [6, 6.07) is 0. The smallest absolute Gasteiger partial charge is 0.346 e. The van der Waals surface area contributed by atoms with Crippen LogP contribution in [0.5, 0.6) is 0 Å². The van der Waals surface area contributed by atoms with Gasteiger partial charge in [0.1, 0.15) is 0 Å². The summed E-state index contributed by atoms with van der Waals surface area (Å²) >= 11 is 0. The predicted molar refractivity (Wildman–Crippen MR) is 96.9 cm³/mol. The first kappa shape index (κ1) is 21.9. The van der Waals surface area contributed by atoms with Crippen molar-refractivity contribution in [1.29, 1.82) is 0 Å². The Hall–Kier alpha value is -1.10. The second-order valence-electron chi connectivity index (χ2n) is 8.89. The van der Waals surface area contributed by atoms with Crippen LogP contribution in [0, 0.1) is 10.8 Å². The number of carbonyl (C=O) groups is 2. The lowest BCUT2D eigenvalue weighted by Crippen LogP contribution is -2.34. The summed E-state index contributed by atoms with van der Waals surface area (Å²) in [4.78, 5) is 24.1. The van der Waals surface area contributed by atoms with Crippen LogP contribution in [-0.4, -0.2) is 30.9 Å². The molecule has 0 aromatic heterocycles. The minimum atomic E-state index is -0.594. The fourth-order valence-corrected chi connectivity index (χ4v) is 2.68. The van der Waals surface area contributed by atoms with E-state index < -0.39 is 17.7 Å². The van der Waals surface area contributed by atoms with E-state index in [1.165, 1.54) is 6.42 Å². The molecule has 0 aromatic rings. The second-order valence-corrected chi connectivity index (χ2v) is 8.89. The third-order valence-electron chi connectivity index (χ3n) is 4.70. The highest BCUT2D eigenvalue weighted by Gasteiger charge is 2.30. The summed E-state index contributed by atoms with van der Waals surface area (Å²) in [7, 11) is 0. The quantitative estimate of drug-likeness (QED) is 0.469. The number of hydrogen-bond acceptors (Lipinski definition) is 5. The Morgan fingerprint density at radius 3 is 2.16 bits per heavy atom. The van der Waals surface area contributed by atoms with E-state index in [9.17, 15) is 9.59 Å². The van der Waals surface area contributed by atoms with Crippen LogP contribution in [0.1, 0.15) is 86.5 Å². The molecule has 5 nitrogen and oxygen atoms in total. The van der Waals surface area contributed by atoms with E-state index in [0.29, 0.717) is 12.8 Å². The Labute approximate surface area is 152 Å². The van der Waals surface area contributed by atoms with Gasteiger partial charge in [-0.3, -0.25) is 4.79 Å². The lowest BCUT2D eigenvalue weighted by Gasteiger charge is -2.31. The van der Waals surface area contributed by atoms with Gasteiger partial charge in [-0.2, -0.15) is 0 Å². The summed E-state index contributed by atoms with van der Waals surface area (Å²) in [5.74, 6) is -0.933. The van der Waals surface area contributed by atoms with E-state index in [2.05, 4.69) is 20.8 Å². The molecule has 0 N–H and O–H groups in total. The molecule has 0 bridgehead atoms. The van der Waals surface area contributed by atoms with Crippen molar-refractivity contribution >= 4 is 11.9 Å². The monoisotopic (exact) mass is 356 g/mol. The largest absolute Gasteiger partial charge is 0.453 e. The fourth-order valence-electron chi connectivity index (χ4n) is 2.68. The van der Waals surface area contributed by atoms with Gasteiger partial charge in [-0.1, -0.05) is 47.0 Å². The number of ether oxygens (including phenoxy) is 3. The van der Waals surface area contributed by atoms with E-state index >= 15 is 0 Å². The molecular formula is C20H36O5. The van der Waals surface area contributed by atoms with Gasteiger partial charge in [-0.05, 0) is 38.5 Å². The van der Waals surface area contributed by atoms with Crippen LogP contribution in [0.2, 0.25) is 0 Å². The molecule has 0 radical (unpaired) electrons. The first-order chi connectivity index (χ1) is 11.5. The van der Waals surface area contributed by atoms with Gasteiger partial charge in [0.05, 0.1) is 11.5 Å². The van der Waals surface area contributed by atoms with Gasteiger partial charge >= 0.3 is 11.9 Å². The molecule has 0 heterocycles. The zero-order chi connectivity index (χ0) is 19.1. The zero-order valence-corrected chi connectivity index (χ0v) is 16.9. The third-order valence-corrected chi connectivity index (χ3v) is 4.70. The molecule has 0 aliphatic heterocycles. The maximum absolute atomic E-state index is 12.1. The average molecular weight is 357 g/mol. The van der Waals surface area contributed by atoms with Crippen LogP contribution in [0.4, 0.5) is 0 Å². The molecule has 5 heteroatoms. The Balaban J connectivity index is 2.54. The van der Waals surface area contributed by atoms with E-state index in [1.807, 2.05) is 6.92 Å². The van der Waals surface area contributed by atoms with Crippen LogP contribution in [0.25, 0.3) is 0 Å². The summed E-state index contributed by atoms with van der Waals surface area (Å²) in [5.41, 5.74) is -0.621. The zero-order valence-electron chi connectivity index (χ0n) is 16.9. The Morgan fingerprint density at radius 1 is 1.04 bits per heavy atom. The van der Waals surface area contributed by atoms with Gasteiger partial charge in [0.2, 0.25) is 6.29 Å². The van der Waals surface area contributed by atoms with Gasteiger partial charge in [-0.15, -0.1) is 0 Å². The lowest BCUT2D eigenvalue weighted by molar-refractivity contribution is -0.204. The highest BCUT2D eigenvalue weighted by Crippen LogP contribution is 2.28. The molecule has 0 saturated heterocycles. The van der Waals surface area contributed by atoms with E-state index in [0.717, 1.165) is 25.7 Å². The van der Waals surface area contributed by atoms with E-state index in [4.69, 9.17) is 14.2 Å². The molecule has 146 valence electrons. The van der Waals surface area contributed by atoms with Crippen molar-refractivity contribution in [2.75, 3.05) is 6.61 Å². The molecule has 1 aliphatic rings. The molecule has 1 unspecified atom stereocenters. The standard InChI is InChI=1S/C20H36O5/c1-7-20(5,6)18(22)23-14-16(21)25-17(13-19(2,3)4)24-15-11-9-8-10-12-15/h15,17H,7-14H2,1-6H3. The van der Waals surface area contributed by atoms with E-state index in [1.54, 1.807) is 13.8 Å². The Bertz CT molecular complexity index is 430. The summed E-state index contributed by atoms with van der Waals surface area (Å²) in [6.45, 7) is 11.4. The number of esters is 2. The molecule has 1 saturated carbocycles. The first-order valence-electron chi connectivity index (χ1n) is 9.55. The van der Waals surface area contributed by atoms with E-state index in [-0.39, 0.29) is 24.1 Å². The predicted octanol–water partition coefficient (Wildman–Crippen LogP) is 4.62. The highest BCUT2D eigenvalue weighted by atomic mass is 16.7. The first-order valence-corrected chi connectivity index (χ1v) is 9.55. The normalized spacial score (nSPS) is 17.8. The summed E-state index contributed by atoms with van der Waals surface area (Å²) in [5, 5.41) is 0. The molecule has 0 spiro atoms. The van der Waals surface area contributed by atoms with Crippen molar-refractivity contribution < 1.29 is 23.8 Å². The van der Waals surface area contributed by atoms with Crippen LogP contribution in [0.3, 0.4) is 0 Å². The van der Waals surface area contributed by atoms with Gasteiger partial charge in [0.15, 0.2) is 6.61 Å². The third kappa shape index (κ3) is 8.70. The van der Waals surface area contributed by atoms with Gasteiger partial charge in [-0.25, -0.2) is 4.79 Å². The Kier molecular flexibility index (Phi) is 8.39. The van der Waals surface area contributed by atoms with Gasteiger partial charge in [0, 0.05) is 6.42 Å². The van der Waals surface area contributed by atoms with Crippen molar-refractivity contribution in [1.82, 2.24) is 0 Å². The Morgan fingerprint density at radius 2 is 1.64 bits per heavy atom. The fraction of sp³-hybridized carbons (Fsp3) is 0.900. The van der Waals surface area contributed by atoms with Crippen LogP contribution in [-0.2, 0) is 23.8 Å². The average Bonchev–Trinajstić information content (AvgIpc) is 2.51. The minimum absolute atomic E-state index is 0.0273. The molecule has 0 amide bonds. The number of carbonyl (C=O) groups excluding carboxylic acids is 2. The summed E-state index contributed by atoms with van der Waals surface area (Å²) in [6.07, 6.45) is 6.41. The molecular weight excluding hydrogens is 320 g/mol. The summed E-state index contributed by atoms with van der Waals surface area (Å²) < 4.78 is 16.6. The van der Waals surface area contributed by atoms with Crippen molar-refractivity contribution in [3.63, 3.8) is 0 Å². The minimum Gasteiger partial charge on any atom is -0.453 e. The molecule has 1 fully saturated rings. The van der Waals surface area contributed by atoms with Crippen molar-refractivity contribution in [3.8, 4) is 0 Å². The van der Waals surface area contributed by atoms with Gasteiger partial charge in [0.25, 0.3) is 0 Å². The maximum atomic E-state index is 12.1. The van der Waals surface area contributed by atoms with Gasteiger partial charge < -0.3 is 14.2 Å².